The monoisotopic (exact) mass is 418 g/mol. The minimum Gasteiger partial charge on any atom is -0.340 e. The molecule has 0 radical (unpaired) electrons. The summed E-state index contributed by atoms with van der Waals surface area (Å²) in [6.07, 6.45) is 10.5. The maximum atomic E-state index is 4.58. The Morgan fingerprint density at radius 1 is 0.906 bits per heavy atom. The van der Waals surface area contributed by atoms with Gasteiger partial charge in [-0.3, -0.25) is 9.25 Å². The van der Waals surface area contributed by atoms with Crippen molar-refractivity contribution in [1.82, 2.24) is 34.3 Å². The van der Waals surface area contributed by atoms with Gasteiger partial charge in [0.1, 0.15) is 24.3 Å². The second-order valence-corrected chi connectivity index (χ2v) is 7.44. The van der Waals surface area contributed by atoms with Gasteiger partial charge in [-0.2, -0.15) is 5.10 Å². The Kier molecular flexibility index (Phi) is 4.31. The average molecular weight is 418 g/mol. The van der Waals surface area contributed by atoms with Gasteiger partial charge in [-0.05, 0) is 29.8 Å². The van der Waals surface area contributed by atoms with Gasteiger partial charge in [-0.25, -0.2) is 19.9 Å². The normalized spacial score (nSPS) is 11.2. The van der Waals surface area contributed by atoms with Crippen molar-refractivity contribution in [2.24, 2.45) is 0 Å². The Bertz CT molecular complexity index is 1520. The maximum absolute atomic E-state index is 4.58. The molecule has 32 heavy (non-hydrogen) atoms. The van der Waals surface area contributed by atoms with Gasteiger partial charge in [0.05, 0.1) is 30.0 Å². The minimum absolute atomic E-state index is 0.717. The zero-order valence-corrected chi connectivity index (χ0v) is 17.0. The molecule has 6 aromatic rings. The lowest BCUT2D eigenvalue weighted by Crippen LogP contribution is -2.01. The number of nitrogens with zero attached hydrogens (tertiary/aromatic N) is 7. The molecule has 4 heterocycles. The van der Waals surface area contributed by atoms with E-state index < -0.39 is 0 Å². The summed E-state index contributed by atoms with van der Waals surface area (Å²) in [7, 11) is 0. The molecular formula is C24H18N8. The molecule has 0 atom stereocenters. The molecule has 0 bridgehead atoms. The van der Waals surface area contributed by atoms with Crippen LogP contribution in [-0.2, 0) is 6.54 Å². The standard InChI is InChI=1S/C24H18N8/c1-2-4-17(5-3-1)14-32-22-7-6-19(10-18(22)12-29-32)30-24-20-11-23(31-9-8-25-16-31)26-13-21(20)27-15-28-24/h1-13,15-16H,14H2,(H,27,28,30). The Hall–Kier alpha value is -4.59. The predicted molar refractivity (Wildman–Crippen MR) is 123 cm³/mol. The van der Waals surface area contributed by atoms with Gasteiger partial charge in [0, 0.05) is 28.9 Å². The van der Waals surface area contributed by atoms with Gasteiger partial charge in [-0.15, -0.1) is 0 Å². The smallest absolute Gasteiger partial charge is 0.141 e. The zero-order valence-electron chi connectivity index (χ0n) is 17.0. The molecule has 1 N–H and O–H groups in total. The van der Waals surface area contributed by atoms with Gasteiger partial charge in [0.15, 0.2) is 0 Å². The lowest BCUT2D eigenvalue weighted by molar-refractivity contribution is 0.712. The van der Waals surface area contributed by atoms with Gasteiger partial charge in [-0.1, -0.05) is 30.3 Å². The molecule has 0 spiro atoms. The van der Waals surface area contributed by atoms with Gasteiger partial charge >= 0.3 is 0 Å². The molecule has 0 amide bonds. The van der Waals surface area contributed by atoms with E-state index in [9.17, 15) is 0 Å². The third kappa shape index (κ3) is 3.33. The van der Waals surface area contributed by atoms with Crippen LogP contribution in [0.25, 0.3) is 27.6 Å². The summed E-state index contributed by atoms with van der Waals surface area (Å²) < 4.78 is 3.86. The summed E-state index contributed by atoms with van der Waals surface area (Å²) >= 11 is 0. The number of hydrogen-bond acceptors (Lipinski definition) is 6. The van der Waals surface area contributed by atoms with E-state index in [1.807, 2.05) is 52.0 Å². The molecule has 2 aromatic carbocycles. The number of fused-ring (bicyclic) bond motifs is 2. The lowest BCUT2D eigenvalue weighted by atomic mass is 10.2. The fraction of sp³-hybridized carbons (Fsp3) is 0.0417. The van der Waals surface area contributed by atoms with Crippen molar-refractivity contribution in [3.63, 3.8) is 0 Å². The molecule has 4 aromatic heterocycles. The third-order valence-electron chi connectivity index (χ3n) is 5.36. The van der Waals surface area contributed by atoms with Crippen LogP contribution in [0.15, 0.2) is 92.0 Å². The quantitative estimate of drug-likeness (QED) is 0.448. The summed E-state index contributed by atoms with van der Waals surface area (Å²) in [6.45, 7) is 0.734. The summed E-state index contributed by atoms with van der Waals surface area (Å²) in [5, 5.41) is 9.95. The minimum atomic E-state index is 0.717. The van der Waals surface area contributed by atoms with Crippen LogP contribution in [-0.4, -0.2) is 34.3 Å². The number of anilines is 2. The van der Waals surface area contributed by atoms with Gasteiger partial charge in [0.2, 0.25) is 0 Å². The Balaban J connectivity index is 1.33. The topological polar surface area (TPSA) is 86.3 Å². The van der Waals surface area contributed by atoms with Crippen LogP contribution in [0, 0.1) is 0 Å². The molecule has 0 fully saturated rings. The summed E-state index contributed by atoms with van der Waals surface area (Å²) in [5.41, 5.74) is 3.99. The number of nitrogens with one attached hydrogen (secondary N) is 1. The van der Waals surface area contributed by atoms with E-state index >= 15 is 0 Å². The summed E-state index contributed by atoms with van der Waals surface area (Å²) in [6, 6.07) is 18.5. The lowest BCUT2D eigenvalue weighted by Gasteiger charge is -2.10. The number of hydrogen-bond donors (Lipinski definition) is 1. The third-order valence-corrected chi connectivity index (χ3v) is 5.36. The van der Waals surface area contributed by atoms with Gasteiger partial charge < -0.3 is 5.32 Å². The maximum Gasteiger partial charge on any atom is 0.141 e. The van der Waals surface area contributed by atoms with E-state index in [1.165, 1.54) is 5.56 Å². The molecule has 0 saturated carbocycles. The highest BCUT2D eigenvalue weighted by molar-refractivity contribution is 5.92. The molecule has 0 saturated heterocycles. The number of imidazole rings is 1. The van der Waals surface area contributed by atoms with Crippen molar-refractivity contribution in [1.29, 1.82) is 0 Å². The van der Waals surface area contributed by atoms with E-state index in [0.29, 0.717) is 0 Å². The number of pyridine rings is 1. The number of aromatic nitrogens is 7. The fourth-order valence-corrected chi connectivity index (χ4v) is 3.77. The van der Waals surface area contributed by atoms with Crippen molar-refractivity contribution in [3.05, 3.63) is 97.6 Å². The molecule has 6 rings (SSSR count). The first-order valence-electron chi connectivity index (χ1n) is 10.2. The predicted octanol–water partition coefficient (Wildman–Crippen LogP) is 4.35. The van der Waals surface area contributed by atoms with Crippen LogP contribution in [0.4, 0.5) is 11.5 Å². The highest BCUT2D eigenvalue weighted by atomic mass is 15.3. The van der Waals surface area contributed by atoms with Crippen LogP contribution >= 0.6 is 0 Å². The van der Waals surface area contributed by atoms with Crippen LogP contribution in [0.3, 0.4) is 0 Å². The highest BCUT2D eigenvalue weighted by Gasteiger charge is 2.09. The molecule has 0 aliphatic heterocycles. The van der Waals surface area contributed by atoms with Crippen LogP contribution in [0.5, 0.6) is 0 Å². The summed E-state index contributed by atoms with van der Waals surface area (Å²) in [5.74, 6) is 1.47. The van der Waals surface area contributed by atoms with Crippen molar-refractivity contribution in [2.45, 2.75) is 6.54 Å². The second-order valence-electron chi connectivity index (χ2n) is 7.44. The van der Waals surface area contributed by atoms with E-state index in [4.69, 9.17) is 0 Å². The Morgan fingerprint density at radius 2 is 1.84 bits per heavy atom. The molecule has 0 aliphatic rings. The van der Waals surface area contributed by atoms with Gasteiger partial charge in [0.25, 0.3) is 0 Å². The Labute approximate surface area is 183 Å². The van der Waals surface area contributed by atoms with Crippen LogP contribution in [0.1, 0.15) is 5.56 Å². The van der Waals surface area contributed by atoms with Crippen molar-refractivity contribution in [3.8, 4) is 5.82 Å². The largest absolute Gasteiger partial charge is 0.340 e. The molecule has 8 heteroatoms. The molecule has 0 unspecified atom stereocenters. The first-order chi connectivity index (χ1) is 15.8. The average Bonchev–Trinajstić information content (AvgIpc) is 3.50. The van der Waals surface area contributed by atoms with Crippen LogP contribution < -0.4 is 5.32 Å². The molecule has 8 nitrogen and oxygen atoms in total. The van der Waals surface area contributed by atoms with Crippen molar-refractivity contribution in [2.75, 3.05) is 5.32 Å². The SMILES string of the molecule is c1ccc(Cn2ncc3cc(Nc4ncnc5cnc(-n6ccnc6)cc45)ccc32)cc1. The van der Waals surface area contributed by atoms with E-state index in [0.717, 1.165) is 45.7 Å². The molecular weight excluding hydrogens is 400 g/mol. The molecule has 0 aliphatic carbocycles. The van der Waals surface area contributed by atoms with E-state index in [1.54, 1.807) is 25.0 Å². The highest BCUT2D eigenvalue weighted by Crippen LogP contribution is 2.26. The number of rotatable bonds is 5. The summed E-state index contributed by atoms with van der Waals surface area (Å²) in [4.78, 5) is 17.4. The van der Waals surface area contributed by atoms with E-state index in [-0.39, 0.29) is 0 Å². The van der Waals surface area contributed by atoms with E-state index in [2.05, 4.69) is 54.6 Å². The van der Waals surface area contributed by atoms with Crippen molar-refractivity contribution >= 4 is 33.3 Å². The second kappa shape index (κ2) is 7.59. The van der Waals surface area contributed by atoms with Crippen molar-refractivity contribution < 1.29 is 0 Å². The Morgan fingerprint density at radius 3 is 2.72 bits per heavy atom. The van der Waals surface area contributed by atoms with Crippen LogP contribution in [0.2, 0.25) is 0 Å². The first kappa shape index (κ1) is 18.2. The first-order valence-corrected chi connectivity index (χ1v) is 10.2. The fourth-order valence-electron chi connectivity index (χ4n) is 3.77. The zero-order chi connectivity index (χ0) is 21.3. The number of benzene rings is 2. The molecule has 154 valence electrons.